The molecular formula is C22H28N4O4. The summed E-state index contributed by atoms with van der Waals surface area (Å²) in [5, 5.41) is 8.88. The topological polar surface area (TPSA) is 94.0 Å². The van der Waals surface area contributed by atoms with Crippen LogP contribution in [0.4, 0.5) is 5.69 Å². The summed E-state index contributed by atoms with van der Waals surface area (Å²) in [5.41, 5.74) is 0.728. The van der Waals surface area contributed by atoms with Gasteiger partial charge >= 0.3 is 0 Å². The van der Waals surface area contributed by atoms with Gasteiger partial charge in [-0.25, -0.2) is 0 Å². The van der Waals surface area contributed by atoms with E-state index >= 15 is 0 Å². The highest BCUT2D eigenvalue weighted by Gasteiger charge is 2.31. The molecule has 1 atom stereocenters. The van der Waals surface area contributed by atoms with Gasteiger partial charge in [-0.3, -0.25) is 14.4 Å². The number of rotatable bonds is 7. The first-order valence-electron chi connectivity index (χ1n) is 10.5. The average molecular weight is 412 g/mol. The van der Waals surface area contributed by atoms with Gasteiger partial charge in [0.25, 0.3) is 5.91 Å². The van der Waals surface area contributed by atoms with Gasteiger partial charge < -0.3 is 19.4 Å². The molecule has 8 nitrogen and oxygen atoms in total. The molecule has 2 fully saturated rings. The number of ether oxygens (including phenoxy) is 1. The summed E-state index contributed by atoms with van der Waals surface area (Å²) in [4.78, 5) is 42.7. The van der Waals surface area contributed by atoms with E-state index in [0.717, 1.165) is 18.5 Å². The summed E-state index contributed by atoms with van der Waals surface area (Å²) in [5.74, 6) is -0.233. The molecule has 1 aromatic carbocycles. The Morgan fingerprint density at radius 1 is 1.07 bits per heavy atom. The number of nitrogens with zero attached hydrogens (tertiary/aromatic N) is 4. The number of carbonyl (C=O) groups is 3. The predicted octanol–water partition coefficient (Wildman–Crippen LogP) is 1.56. The Morgan fingerprint density at radius 3 is 2.40 bits per heavy atom. The fraction of sp³-hybridized carbons (Fsp3) is 0.545. The molecule has 160 valence electrons. The second kappa shape index (κ2) is 10.7. The van der Waals surface area contributed by atoms with Gasteiger partial charge in [0.05, 0.1) is 12.5 Å². The van der Waals surface area contributed by atoms with Gasteiger partial charge in [-0.1, -0.05) is 18.2 Å². The predicted molar refractivity (Wildman–Crippen MR) is 110 cm³/mol. The highest BCUT2D eigenvalue weighted by Crippen LogP contribution is 2.18. The van der Waals surface area contributed by atoms with Gasteiger partial charge in [0.15, 0.2) is 0 Å². The van der Waals surface area contributed by atoms with Crippen LogP contribution in [0.1, 0.15) is 32.1 Å². The molecule has 1 unspecified atom stereocenters. The molecule has 0 aliphatic carbocycles. The van der Waals surface area contributed by atoms with E-state index in [-0.39, 0.29) is 43.1 Å². The van der Waals surface area contributed by atoms with Crippen LogP contribution in [0.25, 0.3) is 0 Å². The number of benzene rings is 1. The molecule has 2 saturated heterocycles. The molecule has 30 heavy (non-hydrogen) atoms. The Morgan fingerprint density at radius 2 is 1.77 bits per heavy atom. The van der Waals surface area contributed by atoms with Crippen molar-refractivity contribution in [1.82, 2.24) is 9.80 Å². The Balaban J connectivity index is 1.47. The Bertz CT molecular complexity index is 778. The summed E-state index contributed by atoms with van der Waals surface area (Å²) in [6.45, 7) is 2.88. The lowest BCUT2D eigenvalue weighted by Gasteiger charge is -2.35. The number of para-hydroxylation sites is 1. The smallest absolute Gasteiger partial charge is 0.251 e. The van der Waals surface area contributed by atoms with Crippen molar-refractivity contribution < 1.29 is 19.1 Å². The number of carbonyl (C=O) groups excluding carboxylic acids is 3. The standard InChI is InChI=1S/C22H28N4O4/c23-11-5-12-26(18-6-2-1-3-7-18)21(28)10-9-20(27)24-13-15-25(16-14-24)22(29)19-8-4-17-30-19/h1-3,6-7,19H,4-5,8-10,12-17H2. The number of amides is 3. The van der Waals surface area contributed by atoms with Crippen molar-refractivity contribution >= 4 is 23.4 Å². The third kappa shape index (κ3) is 5.57. The highest BCUT2D eigenvalue weighted by molar-refractivity contribution is 5.95. The molecule has 3 amide bonds. The van der Waals surface area contributed by atoms with Gasteiger partial charge in [-0.15, -0.1) is 0 Å². The molecule has 0 bridgehead atoms. The van der Waals surface area contributed by atoms with E-state index in [1.807, 2.05) is 30.3 Å². The lowest BCUT2D eigenvalue weighted by molar-refractivity contribution is -0.146. The Labute approximate surface area is 177 Å². The van der Waals surface area contributed by atoms with E-state index in [4.69, 9.17) is 10.00 Å². The number of nitriles is 1. The molecule has 0 N–H and O–H groups in total. The molecule has 2 aliphatic rings. The molecule has 0 spiro atoms. The number of hydrogen-bond acceptors (Lipinski definition) is 5. The second-order valence-electron chi connectivity index (χ2n) is 7.50. The molecule has 8 heteroatoms. The number of anilines is 1. The molecule has 0 radical (unpaired) electrons. The minimum atomic E-state index is -0.331. The maximum atomic E-state index is 12.7. The van der Waals surface area contributed by atoms with Crippen LogP contribution in [0.5, 0.6) is 0 Å². The lowest BCUT2D eigenvalue weighted by Crippen LogP contribution is -2.52. The van der Waals surface area contributed by atoms with Crippen LogP contribution in [0.15, 0.2) is 30.3 Å². The van der Waals surface area contributed by atoms with Crippen molar-refractivity contribution in [2.75, 3.05) is 44.2 Å². The van der Waals surface area contributed by atoms with Crippen LogP contribution in [0.2, 0.25) is 0 Å². The maximum Gasteiger partial charge on any atom is 0.251 e. The van der Waals surface area contributed by atoms with Crippen LogP contribution in [0.3, 0.4) is 0 Å². The summed E-state index contributed by atoms with van der Waals surface area (Å²) in [7, 11) is 0. The monoisotopic (exact) mass is 412 g/mol. The van der Waals surface area contributed by atoms with Crippen molar-refractivity contribution in [2.45, 2.75) is 38.2 Å². The van der Waals surface area contributed by atoms with Crippen molar-refractivity contribution in [3.63, 3.8) is 0 Å². The third-order valence-electron chi connectivity index (χ3n) is 5.52. The van der Waals surface area contributed by atoms with Crippen LogP contribution >= 0.6 is 0 Å². The fourth-order valence-electron chi connectivity index (χ4n) is 3.83. The van der Waals surface area contributed by atoms with Crippen molar-refractivity contribution in [3.8, 4) is 6.07 Å². The number of piperazine rings is 1. The Hall–Kier alpha value is -2.92. The minimum Gasteiger partial charge on any atom is -0.368 e. The first-order chi connectivity index (χ1) is 14.6. The van der Waals surface area contributed by atoms with Crippen molar-refractivity contribution in [2.24, 2.45) is 0 Å². The van der Waals surface area contributed by atoms with Crippen molar-refractivity contribution in [3.05, 3.63) is 30.3 Å². The molecule has 1 aromatic rings. The zero-order valence-corrected chi connectivity index (χ0v) is 17.2. The van der Waals surface area contributed by atoms with Crippen LogP contribution in [-0.2, 0) is 19.1 Å². The molecule has 3 rings (SSSR count). The van der Waals surface area contributed by atoms with E-state index in [1.54, 1.807) is 14.7 Å². The SMILES string of the molecule is N#CCCN(C(=O)CCC(=O)N1CCN(C(=O)C2CCCO2)CC1)c1ccccc1. The Kier molecular flexibility index (Phi) is 7.80. The zero-order chi connectivity index (χ0) is 21.3. The second-order valence-corrected chi connectivity index (χ2v) is 7.50. The summed E-state index contributed by atoms with van der Waals surface area (Å²) in [6.07, 6.45) is 1.79. The highest BCUT2D eigenvalue weighted by atomic mass is 16.5. The third-order valence-corrected chi connectivity index (χ3v) is 5.52. The van der Waals surface area contributed by atoms with E-state index in [2.05, 4.69) is 6.07 Å². The molecule has 2 aliphatic heterocycles. The quantitative estimate of drug-likeness (QED) is 0.678. The average Bonchev–Trinajstić information content (AvgIpc) is 3.33. The molecular weight excluding hydrogens is 384 g/mol. The van der Waals surface area contributed by atoms with Crippen LogP contribution in [-0.4, -0.2) is 73.0 Å². The molecule has 0 aromatic heterocycles. The summed E-state index contributed by atoms with van der Waals surface area (Å²) in [6, 6.07) is 11.2. The number of hydrogen-bond donors (Lipinski definition) is 0. The molecule has 2 heterocycles. The van der Waals surface area contributed by atoms with E-state index in [0.29, 0.717) is 39.3 Å². The van der Waals surface area contributed by atoms with Crippen LogP contribution in [0, 0.1) is 11.3 Å². The zero-order valence-electron chi connectivity index (χ0n) is 17.2. The van der Waals surface area contributed by atoms with E-state index in [9.17, 15) is 14.4 Å². The maximum absolute atomic E-state index is 12.7. The van der Waals surface area contributed by atoms with Gasteiger partial charge in [-0.05, 0) is 25.0 Å². The van der Waals surface area contributed by atoms with Gasteiger partial charge in [0.2, 0.25) is 11.8 Å². The first-order valence-corrected chi connectivity index (χ1v) is 10.5. The van der Waals surface area contributed by atoms with Crippen molar-refractivity contribution in [1.29, 1.82) is 5.26 Å². The van der Waals surface area contributed by atoms with Gasteiger partial charge in [-0.2, -0.15) is 5.26 Å². The minimum absolute atomic E-state index is 0.0192. The first kappa shape index (κ1) is 21.8. The van der Waals surface area contributed by atoms with E-state index < -0.39 is 0 Å². The van der Waals surface area contributed by atoms with Gasteiger partial charge in [0, 0.05) is 57.9 Å². The summed E-state index contributed by atoms with van der Waals surface area (Å²) >= 11 is 0. The van der Waals surface area contributed by atoms with E-state index in [1.165, 1.54) is 0 Å². The largest absolute Gasteiger partial charge is 0.368 e. The summed E-state index contributed by atoms with van der Waals surface area (Å²) < 4.78 is 5.46. The normalized spacial score (nSPS) is 18.7. The van der Waals surface area contributed by atoms with Gasteiger partial charge in [0.1, 0.15) is 6.10 Å². The molecule has 0 saturated carbocycles. The lowest BCUT2D eigenvalue weighted by atomic mass is 10.1. The van der Waals surface area contributed by atoms with Crippen LogP contribution < -0.4 is 4.90 Å². The fourth-order valence-corrected chi connectivity index (χ4v) is 3.83.